The number of halogens is 2. The second kappa shape index (κ2) is 10.4. The number of nitrogens with zero attached hydrogens (tertiary/aromatic N) is 5. The molecule has 4 rings (SSSR count). The monoisotopic (exact) mass is 521 g/mol. The van der Waals surface area contributed by atoms with Crippen molar-refractivity contribution in [2.24, 2.45) is 4.99 Å². The quantitative estimate of drug-likeness (QED) is 0.307. The van der Waals surface area contributed by atoms with Gasteiger partial charge in [0.1, 0.15) is 0 Å². The zero-order valence-corrected chi connectivity index (χ0v) is 19.0. The van der Waals surface area contributed by atoms with Crippen molar-refractivity contribution in [2.75, 3.05) is 25.0 Å². The number of pyridine rings is 1. The molecule has 1 aromatic carbocycles. The number of hydrogen-bond donors (Lipinski definition) is 2. The Balaban J connectivity index is 0.00000256. The fourth-order valence-corrected chi connectivity index (χ4v) is 3.48. The molecule has 9 heteroatoms. The first-order valence-corrected chi connectivity index (χ1v) is 9.64. The Bertz CT molecular complexity index is 977. The Morgan fingerprint density at radius 3 is 2.90 bits per heavy atom. The minimum Gasteiger partial charge on any atom is -0.352 e. The third kappa shape index (κ3) is 5.26. The van der Waals surface area contributed by atoms with Gasteiger partial charge in [0.15, 0.2) is 17.6 Å². The van der Waals surface area contributed by atoms with Crippen LogP contribution in [-0.4, -0.2) is 46.9 Å². The number of anilines is 1. The Hall–Kier alpha value is -2.69. The maximum atomic E-state index is 14.0. The molecule has 0 saturated carbocycles. The molecule has 158 valence electrons. The van der Waals surface area contributed by atoms with Crippen LogP contribution >= 0.6 is 24.0 Å². The molecule has 3 aromatic rings. The van der Waals surface area contributed by atoms with Crippen LogP contribution in [0.2, 0.25) is 0 Å². The number of aliphatic imine (C=N–C) groups is 1. The Labute approximate surface area is 192 Å². The first-order valence-electron chi connectivity index (χ1n) is 9.64. The van der Waals surface area contributed by atoms with Gasteiger partial charge in [-0.1, -0.05) is 12.1 Å². The number of guanidine groups is 1. The van der Waals surface area contributed by atoms with Crippen molar-refractivity contribution in [1.82, 2.24) is 25.4 Å². The third-order valence-electron chi connectivity index (χ3n) is 4.93. The van der Waals surface area contributed by atoms with E-state index in [4.69, 9.17) is 0 Å². The van der Waals surface area contributed by atoms with Crippen LogP contribution in [0.3, 0.4) is 0 Å². The summed E-state index contributed by atoms with van der Waals surface area (Å²) in [4.78, 5) is 10.5. The van der Waals surface area contributed by atoms with E-state index in [9.17, 15) is 4.39 Å². The third-order valence-corrected chi connectivity index (χ3v) is 4.93. The van der Waals surface area contributed by atoms with Gasteiger partial charge in [-0.15, -0.1) is 24.0 Å². The van der Waals surface area contributed by atoms with E-state index in [0.717, 1.165) is 30.2 Å². The highest BCUT2D eigenvalue weighted by Gasteiger charge is 2.25. The maximum Gasteiger partial charge on any atom is 0.191 e. The Kier molecular flexibility index (Phi) is 7.61. The summed E-state index contributed by atoms with van der Waals surface area (Å²) in [6.07, 6.45) is 6.20. The molecule has 0 spiro atoms. The Morgan fingerprint density at radius 1 is 1.23 bits per heavy atom. The molecule has 0 radical (unpaired) electrons. The molecule has 1 aliphatic rings. The van der Waals surface area contributed by atoms with E-state index in [-0.39, 0.29) is 35.8 Å². The molecular weight excluding hydrogens is 496 g/mol. The van der Waals surface area contributed by atoms with Crippen LogP contribution in [-0.2, 0) is 6.54 Å². The molecule has 1 saturated heterocycles. The average Bonchev–Trinajstić information content (AvgIpc) is 3.44. The summed E-state index contributed by atoms with van der Waals surface area (Å²) in [7, 11) is 1.75. The van der Waals surface area contributed by atoms with Gasteiger partial charge in [0.2, 0.25) is 0 Å². The lowest BCUT2D eigenvalue weighted by molar-refractivity contribution is 0.612. The molecule has 0 aliphatic carbocycles. The van der Waals surface area contributed by atoms with Crippen LogP contribution < -0.4 is 15.5 Å². The van der Waals surface area contributed by atoms with Crippen molar-refractivity contribution in [3.05, 3.63) is 72.4 Å². The molecule has 3 heterocycles. The highest BCUT2D eigenvalue weighted by Crippen LogP contribution is 2.20. The zero-order chi connectivity index (χ0) is 20.1. The predicted octanol–water partition coefficient (Wildman–Crippen LogP) is 2.97. The largest absolute Gasteiger partial charge is 0.352 e. The SMILES string of the molecule is CN=C(NCc1cccc(-n2cccn2)c1)NC1CCN(c2ncccc2F)C1.I. The van der Waals surface area contributed by atoms with Crippen molar-refractivity contribution in [3.8, 4) is 5.69 Å². The molecule has 1 atom stereocenters. The molecule has 2 N–H and O–H groups in total. The second-order valence-electron chi connectivity index (χ2n) is 6.93. The van der Waals surface area contributed by atoms with Crippen LogP contribution in [0.15, 0.2) is 66.0 Å². The van der Waals surface area contributed by atoms with Gasteiger partial charge >= 0.3 is 0 Å². The van der Waals surface area contributed by atoms with E-state index in [1.54, 1.807) is 25.5 Å². The molecule has 7 nitrogen and oxygen atoms in total. The first kappa shape index (κ1) is 22.0. The standard InChI is InChI=1S/C21H24FN7.HI/c1-23-21(25-14-16-5-2-6-18(13-16)29-11-4-10-26-29)27-17-8-12-28(15-17)20-19(22)7-3-9-24-20;/h2-7,9-11,13,17H,8,12,14-15H2,1H3,(H2,23,25,27);1H. The van der Waals surface area contributed by atoms with Gasteiger partial charge in [-0.3, -0.25) is 4.99 Å². The average molecular weight is 521 g/mol. The van der Waals surface area contributed by atoms with Crippen LogP contribution in [0.4, 0.5) is 10.2 Å². The van der Waals surface area contributed by atoms with Gasteiger partial charge < -0.3 is 15.5 Å². The normalized spacial score (nSPS) is 16.3. The van der Waals surface area contributed by atoms with Crippen molar-refractivity contribution < 1.29 is 4.39 Å². The minimum atomic E-state index is -0.285. The maximum absolute atomic E-state index is 14.0. The fourth-order valence-electron chi connectivity index (χ4n) is 3.48. The summed E-state index contributed by atoms with van der Waals surface area (Å²) in [5.74, 6) is 0.853. The number of nitrogens with one attached hydrogen (secondary N) is 2. The summed E-state index contributed by atoms with van der Waals surface area (Å²) in [5, 5.41) is 11.0. The lowest BCUT2D eigenvalue weighted by Gasteiger charge is -2.20. The van der Waals surface area contributed by atoms with Crippen LogP contribution in [0, 0.1) is 5.82 Å². The molecule has 0 bridgehead atoms. The molecule has 1 unspecified atom stereocenters. The van der Waals surface area contributed by atoms with Crippen molar-refractivity contribution in [2.45, 2.75) is 19.0 Å². The molecule has 1 aliphatic heterocycles. The summed E-state index contributed by atoms with van der Waals surface area (Å²) in [5.41, 5.74) is 2.14. The lowest BCUT2D eigenvalue weighted by atomic mass is 10.2. The smallest absolute Gasteiger partial charge is 0.191 e. The number of rotatable bonds is 5. The summed E-state index contributed by atoms with van der Waals surface area (Å²) in [6.45, 7) is 2.08. The highest BCUT2D eigenvalue weighted by molar-refractivity contribution is 14.0. The van der Waals surface area contributed by atoms with Crippen LogP contribution in [0.5, 0.6) is 0 Å². The summed E-state index contributed by atoms with van der Waals surface area (Å²) >= 11 is 0. The fraction of sp³-hybridized carbons (Fsp3) is 0.286. The van der Waals surface area contributed by atoms with Crippen molar-refractivity contribution >= 4 is 35.8 Å². The van der Waals surface area contributed by atoms with E-state index in [0.29, 0.717) is 18.9 Å². The lowest BCUT2D eigenvalue weighted by Crippen LogP contribution is -2.44. The van der Waals surface area contributed by atoms with E-state index in [1.165, 1.54) is 6.07 Å². The van der Waals surface area contributed by atoms with E-state index in [2.05, 4.69) is 37.8 Å². The number of hydrogen-bond acceptors (Lipinski definition) is 4. The minimum absolute atomic E-state index is 0. The van der Waals surface area contributed by atoms with Crippen molar-refractivity contribution in [3.63, 3.8) is 0 Å². The topological polar surface area (TPSA) is 70.4 Å². The molecule has 30 heavy (non-hydrogen) atoms. The molecule has 1 fully saturated rings. The second-order valence-corrected chi connectivity index (χ2v) is 6.93. The predicted molar refractivity (Wildman–Crippen MR) is 127 cm³/mol. The van der Waals surface area contributed by atoms with Gasteiger partial charge in [-0.2, -0.15) is 5.10 Å². The van der Waals surface area contributed by atoms with Crippen LogP contribution in [0.25, 0.3) is 5.69 Å². The number of benzene rings is 1. The zero-order valence-electron chi connectivity index (χ0n) is 16.7. The van der Waals surface area contributed by atoms with Crippen LogP contribution in [0.1, 0.15) is 12.0 Å². The molecule has 0 amide bonds. The van der Waals surface area contributed by atoms with Gasteiger partial charge in [0.05, 0.1) is 5.69 Å². The van der Waals surface area contributed by atoms with Gasteiger partial charge in [0.25, 0.3) is 0 Å². The molecular formula is C21H25FIN7. The van der Waals surface area contributed by atoms with Crippen molar-refractivity contribution in [1.29, 1.82) is 0 Å². The highest BCUT2D eigenvalue weighted by atomic mass is 127. The summed E-state index contributed by atoms with van der Waals surface area (Å²) < 4.78 is 15.8. The number of aromatic nitrogens is 3. The van der Waals surface area contributed by atoms with E-state index < -0.39 is 0 Å². The van der Waals surface area contributed by atoms with Gasteiger partial charge in [-0.05, 0) is 42.3 Å². The Morgan fingerprint density at radius 2 is 2.13 bits per heavy atom. The molecule has 2 aromatic heterocycles. The first-order chi connectivity index (χ1) is 14.2. The summed E-state index contributed by atoms with van der Waals surface area (Å²) in [6, 6.07) is 13.3. The van der Waals surface area contributed by atoms with E-state index in [1.807, 2.05) is 34.0 Å². The van der Waals surface area contributed by atoms with E-state index >= 15 is 0 Å². The van der Waals surface area contributed by atoms with Gasteiger partial charge in [0, 0.05) is 51.3 Å². The van der Waals surface area contributed by atoms with Gasteiger partial charge in [-0.25, -0.2) is 14.1 Å².